The van der Waals surface area contributed by atoms with Gasteiger partial charge in [-0.05, 0) is 26.0 Å². The summed E-state index contributed by atoms with van der Waals surface area (Å²) < 4.78 is 0. The van der Waals surface area contributed by atoms with E-state index in [0.29, 0.717) is 11.1 Å². The summed E-state index contributed by atoms with van der Waals surface area (Å²) in [7, 11) is 1.99. The van der Waals surface area contributed by atoms with Crippen molar-refractivity contribution in [2.24, 2.45) is 0 Å². The summed E-state index contributed by atoms with van der Waals surface area (Å²) in [5.41, 5.74) is 7.48. The van der Waals surface area contributed by atoms with E-state index < -0.39 is 0 Å². The third-order valence-electron chi connectivity index (χ3n) is 2.15. The number of hydrogen-bond acceptors (Lipinski definition) is 2. The molecule has 0 aliphatic rings. The van der Waals surface area contributed by atoms with Gasteiger partial charge in [-0.25, -0.2) is 0 Å². The maximum absolute atomic E-state index is 6.05. The van der Waals surface area contributed by atoms with E-state index >= 15 is 0 Å². The lowest BCUT2D eigenvalue weighted by atomic mass is 10.2. The molecular formula is C10H15ClN2. The molecule has 72 valence electrons. The third kappa shape index (κ3) is 2.07. The Hall–Kier alpha value is -0.890. The van der Waals surface area contributed by atoms with Crippen molar-refractivity contribution >= 4 is 23.0 Å². The molecule has 0 unspecified atom stereocenters. The highest BCUT2D eigenvalue weighted by Gasteiger charge is 2.11. The van der Waals surface area contributed by atoms with Crippen LogP contribution in [0.3, 0.4) is 0 Å². The van der Waals surface area contributed by atoms with Crippen LogP contribution in [0, 0.1) is 0 Å². The average Bonchev–Trinajstić information content (AvgIpc) is 2.03. The minimum Gasteiger partial charge on any atom is -0.397 e. The standard InChI is InChI=1S/C10H15ClN2/c1-7(2)13(3)10-8(11)5-4-6-9(10)12/h4-7H,12H2,1-3H3. The molecule has 0 saturated carbocycles. The average molecular weight is 199 g/mol. The normalized spacial score (nSPS) is 10.5. The zero-order valence-corrected chi connectivity index (χ0v) is 8.97. The molecule has 0 saturated heterocycles. The van der Waals surface area contributed by atoms with Gasteiger partial charge in [0, 0.05) is 13.1 Å². The molecule has 2 nitrogen and oxygen atoms in total. The Kier molecular flexibility index (Phi) is 3.04. The number of nitrogen functional groups attached to an aromatic ring is 1. The van der Waals surface area contributed by atoms with Crippen LogP contribution in [0.15, 0.2) is 18.2 Å². The van der Waals surface area contributed by atoms with Crippen LogP contribution in [0.25, 0.3) is 0 Å². The number of halogens is 1. The number of rotatable bonds is 2. The topological polar surface area (TPSA) is 29.3 Å². The Labute approximate surface area is 84.3 Å². The molecule has 1 aromatic carbocycles. The summed E-state index contributed by atoms with van der Waals surface area (Å²) in [4.78, 5) is 2.07. The molecule has 0 aliphatic carbocycles. The molecule has 3 heteroatoms. The van der Waals surface area contributed by atoms with Crippen molar-refractivity contribution in [1.29, 1.82) is 0 Å². The number of hydrogen-bond donors (Lipinski definition) is 1. The smallest absolute Gasteiger partial charge is 0.0788 e. The summed E-state index contributed by atoms with van der Waals surface area (Å²) in [5.74, 6) is 0. The van der Waals surface area contributed by atoms with Crippen molar-refractivity contribution in [2.45, 2.75) is 19.9 Å². The molecule has 0 fully saturated rings. The van der Waals surface area contributed by atoms with Crippen LogP contribution in [-0.2, 0) is 0 Å². The second-order valence-corrected chi connectivity index (χ2v) is 3.79. The second-order valence-electron chi connectivity index (χ2n) is 3.38. The van der Waals surface area contributed by atoms with Gasteiger partial charge in [0.2, 0.25) is 0 Å². The first kappa shape index (κ1) is 10.2. The molecule has 1 rings (SSSR count). The Morgan fingerprint density at radius 2 is 2.00 bits per heavy atom. The fourth-order valence-corrected chi connectivity index (χ4v) is 1.48. The van der Waals surface area contributed by atoms with Gasteiger partial charge in [-0.3, -0.25) is 0 Å². The van der Waals surface area contributed by atoms with Gasteiger partial charge < -0.3 is 10.6 Å². The molecule has 1 aromatic rings. The molecule has 0 spiro atoms. The lowest BCUT2D eigenvalue weighted by Crippen LogP contribution is -2.26. The van der Waals surface area contributed by atoms with Crippen LogP contribution < -0.4 is 10.6 Å². The van der Waals surface area contributed by atoms with E-state index in [2.05, 4.69) is 18.7 Å². The second kappa shape index (κ2) is 3.88. The Morgan fingerprint density at radius 1 is 1.38 bits per heavy atom. The van der Waals surface area contributed by atoms with Gasteiger partial charge in [0.15, 0.2) is 0 Å². The molecule has 13 heavy (non-hydrogen) atoms. The molecule has 0 aliphatic heterocycles. The maximum Gasteiger partial charge on any atom is 0.0788 e. The predicted molar refractivity (Wildman–Crippen MR) is 59.4 cm³/mol. The molecule has 2 N–H and O–H groups in total. The zero-order chi connectivity index (χ0) is 10.0. The van der Waals surface area contributed by atoms with Crippen molar-refractivity contribution in [2.75, 3.05) is 17.7 Å². The number of anilines is 2. The predicted octanol–water partition coefficient (Wildman–Crippen LogP) is 2.77. The van der Waals surface area contributed by atoms with Gasteiger partial charge in [-0.2, -0.15) is 0 Å². The number of benzene rings is 1. The van der Waals surface area contributed by atoms with Crippen LogP contribution in [-0.4, -0.2) is 13.1 Å². The van der Waals surface area contributed by atoms with E-state index in [1.807, 2.05) is 25.2 Å². The summed E-state index contributed by atoms with van der Waals surface area (Å²) in [6.07, 6.45) is 0. The first-order valence-electron chi connectivity index (χ1n) is 4.31. The first-order chi connectivity index (χ1) is 6.04. The summed E-state index contributed by atoms with van der Waals surface area (Å²) in [6, 6.07) is 5.96. The third-order valence-corrected chi connectivity index (χ3v) is 2.45. The summed E-state index contributed by atoms with van der Waals surface area (Å²) in [5, 5.41) is 0.705. The van der Waals surface area contributed by atoms with E-state index in [1.54, 1.807) is 0 Å². The van der Waals surface area contributed by atoms with Crippen molar-refractivity contribution < 1.29 is 0 Å². The molecule has 0 radical (unpaired) electrons. The highest BCUT2D eigenvalue weighted by atomic mass is 35.5. The lowest BCUT2D eigenvalue weighted by Gasteiger charge is -2.26. The molecule has 0 heterocycles. The van der Waals surface area contributed by atoms with E-state index in [1.165, 1.54) is 0 Å². The number of nitrogens with zero attached hydrogens (tertiary/aromatic N) is 1. The Balaban J connectivity index is 3.12. The number of nitrogens with two attached hydrogens (primary N) is 1. The van der Waals surface area contributed by atoms with Crippen molar-refractivity contribution in [3.63, 3.8) is 0 Å². The first-order valence-corrected chi connectivity index (χ1v) is 4.68. The van der Waals surface area contributed by atoms with Crippen molar-refractivity contribution in [1.82, 2.24) is 0 Å². The van der Waals surface area contributed by atoms with Crippen LogP contribution >= 0.6 is 11.6 Å². The summed E-state index contributed by atoms with van der Waals surface area (Å²) in [6.45, 7) is 4.20. The molecule has 0 bridgehead atoms. The minimum atomic E-state index is 0.391. The van der Waals surface area contributed by atoms with Crippen LogP contribution in [0.1, 0.15) is 13.8 Å². The van der Waals surface area contributed by atoms with Gasteiger partial charge in [-0.15, -0.1) is 0 Å². The zero-order valence-electron chi connectivity index (χ0n) is 8.21. The van der Waals surface area contributed by atoms with Gasteiger partial charge in [0.05, 0.1) is 16.4 Å². The number of para-hydroxylation sites is 1. The SMILES string of the molecule is CC(C)N(C)c1c(N)cccc1Cl. The monoisotopic (exact) mass is 198 g/mol. The minimum absolute atomic E-state index is 0.391. The lowest BCUT2D eigenvalue weighted by molar-refractivity contribution is 0.756. The quantitative estimate of drug-likeness (QED) is 0.741. The highest BCUT2D eigenvalue weighted by molar-refractivity contribution is 6.33. The molecule has 0 aromatic heterocycles. The van der Waals surface area contributed by atoms with Crippen LogP contribution in [0.4, 0.5) is 11.4 Å². The molecule has 0 amide bonds. The van der Waals surface area contributed by atoms with E-state index in [9.17, 15) is 0 Å². The fourth-order valence-electron chi connectivity index (χ4n) is 1.16. The van der Waals surface area contributed by atoms with Gasteiger partial charge in [-0.1, -0.05) is 17.7 Å². The van der Waals surface area contributed by atoms with Gasteiger partial charge in [0.25, 0.3) is 0 Å². The van der Waals surface area contributed by atoms with Gasteiger partial charge in [0.1, 0.15) is 0 Å². The molecular weight excluding hydrogens is 184 g/mol. The van der Waals surface area contributed by atoms with E-state index in [-0.39, 0.29) is 0 Å². The van der Waals surface area contributed by atoms with E-state index in [4.69, 9.17) is 17.3 Å². The van der Waals surface area contributed by atoms with Crippen molar-refractivity contribution in [3.05, 3.63) is 23.2 Å². The van der Waals surface area contributed by atoms with E-state index in [0.717, 1.165) is 11.4 Å². The van der Waals surface area contributed by atoms with Crippen LogP contribution in [0.5, 0.6) is 0 Å². The Bertz CT molecular complexity index is 277. The fraction of sp³-hybridized carbons (Fsp3) is 0.400. The van der Waals surface area contributed by atoms with Crippen molar-refractivity contribution in [3.8, 4) is 0 Å². The highest BCUT2D eigenvalue weighted by Crippen LogP contribution is 2.31. The molecule has 0 atom stereocenters. The Morgan fingerprint density at radius 3 is 2.46 bits per heavy atom. The maximum atomic E-state index is 6.05. The summed E-state index contributed by atoms with van der Waals surface area (Å²) >= 11 is 6.05. The van der Waals surface area contributed by atoms with Gasteiger partial charge >= 0.3 is 0 Å². The van der Waals surface area contributed by atoms with Crippen LogP contribution in [0.2, 0.25) is 5.02 Å². The largest absolute Gasteiger partial charge is 0.397 e.